The lowest BCUT2D eigenvalue weighted by molar-refractivity contribution is 0.0527. The van der Waals surface area contributed by atoms with E-state index in [0.717, 1.165) is 25.2 Å². The summed E-state index contributed by atoms with van der Waals surface area (Å²) in [4.78, 5) is 30.9. The Balaban J connectivity index is 2.10. The van der Waals surface area contributed by atoms with E-state index in [0.29, 0.717) is 16.8 Å². The van der Waals surface area contributed by atoms with E-state index in [2.05, 4.69) is 22.1 Å². The maximum absolute atomic E-state index is 12.5. The molecule has 0 atom stereocenters. The van der Waals surface area contributed by atoms with E-state index in [4.69, 9.17) is 4.74 Å². The van der Waals surface area contributed by atoms with Crippen LogP contribution in [0.25, 0.3) is 0 Å². The third-order valence-corrected chi connectivity index (χ3v) is 3.92. The summed E-state index contributed by atoms with van der Waals surface area (Å²) < 4.78 is 5.02. The van der Waals surface area contributed by atoms with Crippen molar-refractivity contribution in [2.75, 3.05) is 30.4 Å². The molecule has 0 radical (unpaired) electrons. The minimum absolute atomic E-state index is 0.276. The van der Waals surface area contributed by atoms with Gasteiger partial charge in [-0.05, 0) is 37.6 Å². The number of carbonyl (C=O) groups is 2. The van der Waals surface area contributed by atoms with Gasteiger partial charge in [-0.3, -0.25) is 4.79 Å². The number of amides is 1. The first-order valence-electron chi connectivity index (χ1n) is 8.81. The second kappa shape index (κ2) is 9.56. The first kappa shape index (κ1) is 19.4. The molecule has 0 saturated carbocycles. The van der Waals surface area contributed by atoms with Gasteiger partial charge >= 0.3 is 5.97 Å². The van der Waals surface area contributed by atoms with Crippen molar-refractivity contribution in [2.24, 2.45) is 0 Å². The average molecular weight is 355 g/mol. The van der Waals surface area contributed by atoms with Crippen molar-refractivity contribution in [3.05, 3.63) is 53.7 Å². The zero-order chi connectivity index (χ0) is 18.9. The number of pyridine rings is 1. The number of benzene rings is 1. The topological polar surface area (TPSA) is 71.5 Å². The molecule has 1 aromatic carbocycles. The van der Waals surface area contributed by atoms with Crippen LogP contribution in [-0.4, -0.2) is 37.1 Å². The smallest absolute Gasteiger partial charge is 0.340 e. The number of unbranched alkanes of at least 4 members (excludes halogenated alkanes) is 1. The molecule has 2 rings (SSSR count). The van der Waals surface area contributed by atoms with Gasteiger partial charge in [0.1, 0.15) is 5.82 Å². The Labute approximate surface area is 154 Å². The second-order valence-electron chi connectivity index (χ2n) is 5.90. The Kier molecular flexibility index (Phi) is 7.14. The monoisotopic (exact) mass is 355 g/mol. The Morgan fingerprint density at radius 1 is 1.15 bits per heavy atom. The Morgan fingerprint density at radius 3 is 2.58 bits per heavy atom. The SMILES string of the molecule is CCCCN(C)c1ccc(C(=O)Nc2ccccc2C(=O)OCC)cn1. The number of ether oxygens (including phenoxy) is 1. The molecule has 0 aliphatic carbocycles. The number of hydrogen-bond acceptors (Lipinski definition) is 5. The van der Waals surface area contributed by atoms with E-state index < -0.39 is 5.97 Å². The maximum Gasteiger partial charge on any atom is 0.340 e. The van der Waals surface area contributed by atoms with Crippen molar-refractivity contribution in [3.8, 4) is 0 Å². The molecule has 1 aromatic heterocycles. The van der Waals surface area contributed by atoms with E-state index in [1.165, 1.54) is 0 Å². The number of rotatable bonds is 8. The van der Waals surface area contributed by atoms with E-state index >= 15 is 0 Å². The van der Waals surface area contributed by atoms with Gasteiger partial charge in [-0.15, -0.1) is 0 Å². The first-order valence-corrected chi connectivity index (χ1v) is 8.81. The van der Waals surface area contributed by atoms with Crippen LogP contribution in [0.15, 0.2) is 42.6 Å². The molecule has 6 heteroatoms. The van der Waals surface area contributed by atoms with Gasteiger partial charge in [-0.2, -0.15) is 0 Å². The van der Waals surface area contributed by atoms with Crippen LogP contribution >= 0.6 is 0 Å². The normalized spacial score (nSPS) is 10.3. The quantitative estimate of drug-likeness (QED) is 0.730. The number of nitrogens with one attached hydrogen (secondary N) is 1. The molecule has 1 heterocycles. The molecule has 1 N–H and O–H groups in total. The molecule has 0 aliphatic heterocycles. The Morgan fingerprint density at radius 2 is 1.92 bits per heavy atom. The molecular weight excluding hydrogens is 330 g/mol. The first-order chi connectivity index (χ1) is 12.6. The Bertz CT molecular complexity index is 744. The van der Waals surface area contributed by atoms with Crippen molar-refractivity contribution < 1.29 is 14.3 Å². The standard InChI is InChI=1S/C20H25N3O3/c1-4-6-13-23(3)18-12-11-15(14-21-18)19(24)22-17-10-8-7-9-16(17)20(25)26-5-2/h7-12,14H,4-6,13H2,1-3H3,(H,22,24). The lowest BCUT2D eigenvalue weighted by atomic mass is 10.1. The number of carbonyl (C=O) groups excluding carboxylic acids is 2. The van der Waals surface area contributed by atoms with Crippen molar-refractivity contribution in [2.45, 2.75) is 26.7 Å². The minimum atomic E-state index is -0.463. The summed E-state index contributed by atoms with van der Waals surface area (Å²) in [6, 6.07) is 10.3. The summed E-state index contributed by atoms with van der Waals surface area (Å²) in [5, 5.41) is 2.76. The third kappa shape index (κ3) is 5.05. The van der Waals surface area contributed by atoms with Gasteiger partial charge in [0.15, 0.2) is 0 Å². The zero-order valence-electron chi connectivity index (χ0n) is 15.5. The van der Waals surface area contributed by atoms with E-state index in [9.17, 15) is 9.59 Å². The molecule has 26 heavy (non-hydrogen) atoms. The van der Waals surface area contributed by atoms with Crippen molar-refractivity contribution >= 4 is 23.4 Å². The number of nitrogens with zero attached hydrogens (tertiary/aromatic N) is 2. The van der Waals surface area contributed by atoms with Crippen LogP contribution in [0.3, 0.4) is 0 Å². The Hall–Kier alpha value is -2.89. The zero-order valence-corrected chi connectivity index (χ0v) is 15.5. The molecule has 0 bridgehead atoms. The largest absolute Gasteiger partial charge is 0.462 e. The number of hydrogen-bond donors (Lipinski definition) is 1. The van der Waals surface area contributed by atoms with Gasteiger partial charge in [0.05, 0.1) is 23.4 Å². The van der Waals surface area contributed by atoms with Gasteiger partial charge in [-0.1, -0.05) is 25.5 Å². The third-order valence-electron chi connectivity index (χ3n) is 3.92. The summed E-state index contributed by atoms with van der Waals surface area (Å²) >= 11 is 0. The van der Waals surface area contributed by atoms with Gasteiger partial charge in [0.25, 0.3) is 5.91 Å². The molecule has 2 aromatic rings. The van der Waals surface area contributed by atoms with Crippen LogP contribution in [0.5, 0.6) is 0 Å². The summed E-state index contributed by atoms with van der Waals surface area (Å²) in [5.74, 6) is 0.0355. The molecule has 0 spiro atoms. The molecule has 0 aliphatic rings. The highest BCUT2D eigenvalue weighted by molar-refractivity contribution is 6.07. The lowest BCUT2D eigenvalue weighted by Gasteiger charge is -2.17. The predicted octanol–water partition coefficient (Wildman–Crippen LogP) is 3.75. The molecule has 0 fully saturated rings. The maximum atomic E-state index is 12.5. The summed E-state index contributed by atoms with van der Waals surface area (Å²) in [5.41, 5.74) is 1.17. The molecule has 138 valence electrons. The fourth-order valence-electron chi connectivity index (χ4n) is 2.43. The molecule has 0 unspecified atom stereocenters. The van der Waals surface area contributed by atoms with E-state index in [1.807, 2.05) is 13.1 Å². The van der Waals surface area contributed by atoms with Crippen LogP contribution in [0.4, 0.5) is 11.5 Å². The molecule has 0 saturated heterocycles. The van der Waals surface area contributed by atoms with Crippen LogP contribution in [0.1, 0.15) is 47.4 Å². The summed E-state index contributed by atoms with van der Waals surface area (Å²) in [6.07, 6.45) is 3.75. The van der Waals surface area contributed by atoms with Crippen LogP contribution in [0, 0.1) is 0 Å². The predicted molar refractivity (Wildman–Crippen MR) is 103 cm³/mol. The average Bonchev–Trinajstić information content (AvgIpc) is 2.66. The van der Waals surface area contributed by atoms with Gasteiger partial charge in [0, 0.05) is 19.8 Å². The molecule has 1 amide bonds. The van der Waals surface area contributed by atoms with Crippen molar-refractivity contribution in [1.29, 1.82) is 0 Å². The van der Waals surface area contributed by atoms with Gasteiger partial charge < -0.3 is 15.0 Å². The fraction of sp³-hybridized carbons (Fsp3) is 0.350. The second-order valence-corrected chi connectivity index (χ2v) is 5.90. The summed E-state index contributed by atoms with van der Waals surface area (Å²) in [6.45, 7) is 5.08. The van der Waals surface area contributed by atoms with Crippen molar-refractivity contribution in [3.63, 3.8) is 0 Å². The highest BCUT2D eigenvalue weighted by Crippen LogP contribution is 2.18. The summed E-state index contributed by atoms with van der Waals surface area (Å²) in [7, 11) is 1.98. The highest BCUT2D eigenvalue weighted by Gasteiger charge is 2.15. The van der Waals surface area contributed by atoms with Crippen LogP contribution < -0.4 is 10.2 Å². The highest BCUT2D eigenvalue weighted by atomic mass is 16.5. The van der Waals surface area contributed by atoms with E-state index in [1.54, 1.807) is 43.5 Å². The number of aromatic nitrogens is 1. The minimum Gasteiger partial charge on any atom is -0.462 e. The van der Waals surface area contributed by atoms with Crippen LogP contribution in [-0.2, 0) is 4.74 Å². The van der Waals surface area contributed by atoms with Crippen molar-refractivity contribution in [1.82, 2.24) is 4.98 Å². The number of para-hydroxylation sites is 1. The van der Waals surface area contributed by atoms with Gasteiger partial charge in [0.2, 0.25) is 0 Å². The number of anilines is 2. The lowest BCUT2D eigenvalue weighted by Crippen LogP contribution is -2.20. The number of esters is 1. The fourth-order valence-corrected chi connectivity index (χ4v) is 2.43. The molecular formula is C20H25N3O3. The van der Waals surface area contributed by atoms with Crippen LogP contribution in [0.2, 0.25) is 0 Å². The van der Waals surface area contributed by atoms with Gasteiger partial charge in [-0.25, -0.2) is 9.78 Å². The molecule has 6 nitrogen and oxygen atoms in total. The van der Waals surface area contributed by atoms with E-state index in [-0.39, 0.29) is 12.5 Å².